The Kier molecular flexibility index (Phi) is 13.6. The first kappa shape index (κ1) is 25.8. The predicted molar refractivity (Wildman–Crippen MR) is 100 cm³/mol. The van der Waals surface area contributed by atoms with Gasteiger partial charge in [-0.3, -0.25) is 19.2 Å². The smallest absolute Gasteiger partial charge is 0.222 e. The molecule has 0 bridgehead atoms. The fourth-order valence-electron chi connectivity index (χ4n) is 2.07. The molecule has 0 aliphatic rings. The summed E-state index contributed by atoms with van der Waals surface area (Å²) in [4.78, 5) is 45.7. The van der Waals surface area contributed by atoms with Crippen molar-refractivity contribution in [2.24, 2.45) is 0 Å². The van der Waals surface area contributed by atoms with Crippen LogP contribution in [0.2, 0.25) is 0 Å². The van der Waals surface area contributed by atoms with Gasteiger partial charge in [-0.25, -0.2) is 0 Å². The predicted octanol–water partition coefficient (Wildman–Crippen LogP) is -1.72. The van der Waals surface area contributed by atoms with E-state index in [9.17, 15) is 19.2 Å². The van der Waals surface area contributed by atoms with E-state index in [-0.39, 0.29) is 75.9 Å². The van der Waals surface area contributed by atoms with Gasteiger partial charge in [0, 0.05) is 40.9 Å². The maximum Gasteiger partial charge on any atom is 0.222 e. The second-order valence-electron chi connectivity index (χ2n) is 5.90. The highest BCUT2D eigenvalue weighted by Crippen LogP contribution is 2.11. The fraction of sp³-hybridized carbons (Fsp3) is 0.765. The first-order chi connectivity index (χ1) is 13.3. The SMILES string of the molecule is CNC(=O)CCOCC(COCCC(=O)NC)(NC(C)=O)OCCC(=O)NC. The Labute approximate surface area is 165 Å². The molecular weight excluding hydrogens is 372 g/mol. The van der Waals surface area contributed by atoms with Crippen LogP contribution in [0.25, 0.3) is 0 Å². The topological polar surface area (TPSA) is 144 Å². The molecule has 0 aromatic heterocycles. The van der Waals surface area contributed by atoms with Crippen LogP contribution in [-0.2, 0) is 33.4 Å². The Hall–Kier alpha value is -2.24. The minimum absolute atomic E-state index is 0.0115. The lowest BCUT2D eigenvalue weighted by Crippen LogP contribution is -2.57. The quantitative estimate of drug-likeness (QED) is 0.188. The lowest BCUT2D eigenvalue weighted by atomic mass is 10.2. The van der Waals surface area contributed by atoms with Gasteiger partial charge in [0.25, 0.3) is 0 Å². The van der Waals surface area contributed by atoms with E-state index in [1.807, 2.05) is 0 Å². The summed E-state index contributed by atoms with van der Waals surface area (Å²) in [5.41, 5.74) is -1.36. The average Bonchev–Trinajstić information content (AvgIpc) is 2.67. The second kappa shape index (κ2) is 14.8. The summed E-state index contributed by atoms with van der Waals surface area (Å²) in [6, 6.07) is 0. The Balaban J connectivity index is 4.92. The van der Waals surface area contributed by atoms with Crippen molar-refractivity contribution in [1.82, 2.24) is 21.3 Å². The van der Waals surface area contributed by atoms with Crippen molar-refractivity contribution >= 4 is 23.6 Å². The number of rotatable bonds is 15. The summed E-state index contributed by atoms with van der Waals surface area (Å²) >= 11 is 0. The Morgan fingerprint density at radius 2 is 1.11 bits per heavy atom. The molecule has 4 amide bonds. The minimum atomic E-state index is -1.36. The van der Waals surface area contributed by atoms with E-state index in [1.54, 1.807) is 0 Å². The van der Waals surface area contributed by atoms with Gasteiger partial charge in [0.1, 0.15) is 0 Å². The van der Waals surface area contributed by atoms with Crippen LogP contribution in [0.15, 0.2) is 0 Å². The number of hydrogen-bond donors (Lipinski definition) is 4. The summed E-state index contributed by atoms with van der Waals surface area (Å²) < 4.78 is 16.7. The van der Waals surface area contributed by atoms with E-state index in [4.69, 9.17) is 14.2 Å². The van der Waals surface area contributed by atoms with Gasteiger partial charge in [-0.1, -0.05) is 0 Å². The van der Waals surface area contributed by atoms with E-state index in [0.717, 1.165) is 0 Å². The molecule has 11 nitrogen and oxygen atoms in total. The molecule has 28 heavy (non-hydrogen) atoms. The van der Waals surface area contributed by atoms with Crippen molar-refractivity contribution in [3.05, 3.63) is 0 Å². The highest BCUT2D eigenvalue weighted by atomic mass is 16.6. The van der Waals surface area contributed by atoms with Gasteiger partial charge < -0.3 is 35.5 Å². The molecule has 0 saturated carbocycles. The summed E-state index contributed by atoms with van der Waals surface area (Å²) in [6.07, 6.45) is 0.360. The molecule has 0 unspecified atom stereocenters. The molecule has 0 aliphatic carbocycles. The van der Waals surface area contributed by atoms with Crippen LogP contribution in [0.1, 0.15) is 26.2 Å². The molecule has 0 spiro atoms. The number of ether oxygens (including phenoxy) is 3. The van der Waals surface area contributed by atoms with Gasteiger partial charge in [0.05, 0.1) is 39.5 Å². The number of carbonyl (C=O) groups excluding carboxylic acids is 4. The van der Waals surface area contributed by atoms with Crippen LogP contribution < -0.4 is 21.3 Å². The van der Waals surface area contributed by atoms with E-state index in [0.29, 0.717) is 0 Å². The van der Waals surface area contributed by atoms with Crippen LogP contribution in [0.3, 0.4) is 0 Å². The van der Waals surface area contributed by atoms with Crippen molar-refractivity contribution in [1.29, 1.82) is 0 Å². The van der Waals surface area contributed by atoms with Crippen molar-refractivity contribution in [3.8, 4) is 0 Å². The molecule has 0 aromatic carbocycles. The Bertz CT molecular complexity index is 490. The fourth-order valence-corrected chi connectivity index (χ4v) is 2.07. The van der Waals surface area contributed by atoms with Crippen LogP contribution in [0.4, 0.5) is 0 Å². The molecular formula is C17H32N4O7. The van der Waals surface area contributed by atoms with Gasteiger partial charge in [-0.2, -0.15) is 0 Å². The van der Waals surface area contributed by atoms with E-state index in [2.05, 4.69) is 21.3 Å². The van der Waals surface area contributed by atoms with Crippen molar-refractivity contribution in [2.45, 2.75) is 31.9 Å². The third-order valence-corrected chi connectivity index (χ3v) is 3.57. The molecule has 0 fully saturated rings. The standard InChI is InChI=1S/C17H32N4O7/c1-13(22)21-17(28-10-7-16(25)20-4,11-26-8-5-14(23)18-2)12-27-9-6-15(24)19-3/h5-12H2,1-4H3,(H,18,23)(H,19,24)(H,20,25)(H,21,22). The zero-order chi connectivity index (χ0) is 21.4. The molecule has 0 radical (unpaired) electrons. The summed E-state index contributed by atoms with van der Waals surface area (Å²) in [5, 5.41) is 10.1. The van der Waals surface area contributed by atoms with E-state index in [1.165, 1.54) is 28.1 Å². The Morgan fingerprint density at radius 1 is 0.714 bits per heavy atom. The van der Waals surface area contributed by atoms with Crippen LogP contribution in [0.5, 0.6) is 0 Å². The molecule has 0 aliphatic heterocycles. The maximum absolute atomic E-state index is 11.7. The molecule has 4 N–H and O–H groups in total. The zero-order valence-corrected chi connectivity index (χ0v) is 17.0. The van der Waals surface area contributed by atoms with E-state index >= 15 is 0 Å². The third kappa shape index (κ3) is 12.2. The second-order valence-corrected chi connectivity index (χ2v) is 5.90. The minimum Gasteiger partial charge on any atom is -0.376 e. The number of nitrogens with one attached hydrogen (secondary N) is 4. The van der Waals surface area contributed by atoms with Crippen molar-refractivity contribution in [2.75, 3.05) is 54.2 Å². The molecule has 0 aromatic rings. The van der Waals surface area contributed by atoms with Crippen molar-refractivity contribution in [3.63, 3.8) is 0 Å². The molecule has 162 valence electrons. The molecule has 0 rings (SSSR count). The zero-order valence-electron chi connectivity index (χ0n) is 17.0. The number of carbonyl (C=O) groups is 4. The monoisotopic (exact) mass is 404 g/mol. The number of hydrogen-bond acceptors (Lipinski definition) is 7. The van der Waals surface area contributed by atoms with Crippen molar-refractivity contribution < 1.29 is 33.4 Å². The average molecular weight is 404 g/mol. The van der Waals surface area contributed by atoms with Crippen LogP contribution in [-0.4, -0.2) is 83.5 Å². The normalized spacial score (nSPS) is 10.9. The number of amides is 4. The van der Waals surface area contributed by atoms with Crippen LogP contribution >= 0.6 is 0 Å². The largest absolute Gasteiger partial charge is 0.376 e. The van der Waals surface area contributed by atoms with E-state index < -0.39 is 5.72 Å². The molecule has 0 atom stereocenters. The van der Waals surface area contributed by atoms with Crippen LogP contribution in [0, 0.1) is 0 Å². The van der Waals surface area contributed by atoms with Gasteiger partial charge >= 0.3 is 0 Å². The highest BCUT2D eigenvalue weighted by molar-refractivity contribution is 5.76. The van der Waals surface area contributed by atoms with Gasteiger partial charge in [0.2, 0.25) is 23.6 Å². The van der Waals surface area contributed by atoms with Gasteiger partial charge in [-0.15, -0.1) is 0 Å². The highest BCUT2D eigenvalue weighted by Gasteiger charge is 2.33. The molecule has 0 saturated heterocycles. The Morgan fingerprint density at radius 3 is 1.46 bits per heavy atom. The summed E-state index contributed by atoms with van der Waals surface area (Å²) in [6.45, 7) is 1.34. The summed E-state index contributed by atoms with van der Waals surface area (Å²) in [5.74, 6) is -0.984. The first-order valence-electron chi connectivity index (χ1n) is 8.98. The third-order valence-electron chi connectivity index (χ3n) is 3.57. The summed E-state index contributed by atoms with van der Waals surface area (Å²) in [7, 11) is 4.55. The van der Waals surface area contributed by atoms with Gasteiger partial charge in [0.15, 0.2) is 5.72 Å². The lowest BCUT2D eigenvalue weighted by molar-refractivity contribution is -0.167. The van der Waals surface area contributed by atoms with Gasteiger partial charge in [-0.05, 0) is 0 Å². The molecule has 11 heteroatoms. The maximum atomic E-state index is 11.7. The first-order valence-corrected chi connectivity index (χ1v) is 8.98. The lowest BCUT2D eigenvalue weighted by Gasteiger charge is -2.34. The molecule has 0 heterocycles.